The van der Waals surface area contributed by atoms with Gasteiger partial charge in [-0.05, 0) is 44.0 Å². The van der Waals surface area contributed by atoms with Crippen LogP contribution < -0.4 is 15.1 Å². The molecular weight excluding hydrogens is 475 g/mol. The maximum absolute atomic E-state index is 14.2. The van der Waals surface area contributed by atoms with Crippen molar-refractivity contribution in [3.05, 3.63) is 83.1 Å². The number of halogens is 1. The second-order valence-electron chi connectivity index (χ2n) is 9.13. The predicted molar refractivity (Wildman–Crippen MR) is 138 cm³/mol. The molecule has 9 heteroatoms. The van der Waals surface area contributed by atoms with Gasteiger partial charge in [0.25, 0.3) is 11.8 Å². The fraction of sp³-hybridized carbons (Fsp3) is 0.321. The molecule has 1 fully saturated rings. The number of carbonyl (C=O) groups is 2. The predicted octanol–water partition coefficient (Wildman–Crippen LogP) is 3.93. The standard InChI is InChI=1S/C28H29FN4O4/c1-19-26-22(30-31-25(34)18-36-20-8-3-2-4-9-20)11-7-13-24(26)37-27(19)28(35)33-16-14-32(15-17-33)23-12-6-5-10-21(23)29/h2-6,8-10,12H,7,11,13-18H2,1H3,(H,31,34)/b30-22+. The van der Waals surface area contributed by atoms with Crippen molar-refractivity contribution in [3.63, 3.8) is 0 Å². The Morgan fingerprint density at radius 3 is 2.51 bits per heavy atom. The SMILES string of the molecule is Cc1c(C(=O)N2CCN(c3ccccc3F)CC2)oc2c1/C(=N/NC(=O)COc1ccccc1)CCC2. The van der Waals surface area contributed by atoms with Crippen LogP contribution in [0.3, 0.4) is 0 Å². The Kier molecular flexibility index (Phi) is 7.20. The molecule has 0 unspecified atom stereocenters. The molecule has 37 heavy (non-hydrogen) atoms. The number of ether oxygens (including phenoxy) is 1. The number of amides is 2. The molecule has 1 N–H and O–H groups in total. The van der Waals surface area contributed by atoms with Gasteiger partial charge >= 0.3 is 0 Å². The van der Waals surface area contributed by atoms with Crippen LogP contribution in [-0.4, -0.2) is 55.2 Å². The summed E-state index contributed by atoms with van der Waals surface area (Å²) in [5.74, 6) is 0.813. The third-order valence-corrected chi connectivity index (χ3v) is 6.71. The van der Waals surface area contributed by atoms with Gasteiger partial charge in [-0.3, -0.25) is 9.59 Å². The molecule has 2 heterocycles. The number of aryl methyl sites for hydroxylation is 1. The van der Waals surface area contributed by atoms with Crippen LogP contribution in [0.1, 0.15) is 40.3 Å². The summed E-state index contributed by atoms with van der Waals surface area (Å²) in [6, 6.07) is 15.8. The first-order valence-electron chi connectivity index (χ1n) is 12.5. The molecule has 192 valence electrons. The fourth-order valence-corrected chi connectivity index (χ4v) is 4.81. The Hall–Kier alpha value is -4.14. The van der Waals surface area contributed by atoms with Crippen LogP contribution in [0.5, 0.6) is 5.75 Å². The highest BCUT2D eigenvalue weighted by Gasteiger charge is 2.32. The van der Waals surface area contributed by atoms with Crippen molar-refractivity contribution in [2.45, 2.75) is 26.2 Å². The van der Waals surface area contributed by atoms with Crippen molar-refractivity contribution in [1.82, 2.24) is 10.3 Å². The van der Waals surface area contributed by atoms with Crippen molar-refractivity contribution in [1.29, 1.82) is 0 Å². The van der Waals surface area contributed by atoms with Gasteiger partial charge in [0.1, 0.15) is 17.3 Å². The quantitative estimate of drug-likeness (QED) is 0.514. The normalized spacial score (nSPS) is 16.4. The Morgan fingerprint density at radius 1 is 1.03 bits per heavy atom. The number of hydrogen-bond donors (Lipinski definition) is 1. The molecule has 0 bridgehead atoms. The van der Waals surface area contributed by atoms with Crippen molar-refractivity contribution >= 4 is 23.2 Å². The summed E-state index contributed by atoms with van der Waals surface area (Å²) in [6.07, 6.45) is 2.18. The smallest absolute Gasteiger partial charge is 0.289 e. The van der Waals surface area contributed by atoms with E-state index in [1.165, 1.54) is 6.07 Å². The van der Waals surface area contributed by atoms with E-state index in [0.29, 0.717) is 67.7 Å². The molecule has 1 saturated heterocycles. The average molecular weight is 505 g/mol. The van der Waals surface area contributed by atoms with Crippen LogP contribution in [0.15, 0.2) is 64.1 Å². The van der Waals surface area contributed by atoms with E-state index in [9.17, 15) is 14.0 Å². The van der Waals surface area contributed by atoms with Crippen LogP contribution in [-0.2, 0) is 11.2 Å². The van der Waals surface area contributed by atoms with E-state index in [2.05, 4.69) is 10.5 Å². The van der Waals surface area contributed by atoms with Crippen molar-refractivity contribution in [2.75, 3.05) is 37.7 Å². The van der Waals surface area contributed by atoms with Gasteiger partial charge in [-0.25, -0.2) is 9.82 Å². The molecule has 3 aromatic rings. The number of benzene rings is 2. The van der Waals surface area contributed by atoms with Crippen LogP contribution in [0.25, 0.3) is 0 Å². The lowest BCUT2D eigenvalue weighted by molar-refractivity contribution is -0.123. The summed E-state index contributed by atoms with van der Waals surface area (Å²) in [7, 11) is 0. The van der Waals surface area contributed by atoms with E-state index in [0.717, 1.165) is 17.5 Å². The van der Waals surface area contributed by atoms with Gasteiger partial charge in [0.05, 0.1) is 11.4 Å². The van der Waals surface area contributed by atoms with Gasteiger partial charge in [-0.1, -0.05) is 30.3 Å². The number of carbonyl (C=O) groups excluding carboxylic acids is 2. The lowest BCUT2D eigenvalue weighted by Gasteiger charge is -2.35. The summed E-state index contributed by atoms with van der Waals surface area (Å²) in [5.41, 5.74) is 5.34. The van der Waals surface area contributed by atoms with Crippen molar-refractivity contribution in [2.24, 2.45) is 5.10 Å². The number of rotatable bonds is 6. The van der Waals surface area contributed by atoms with Gasteiger partial charge in [0.15, 0.2) is 12.4 Å². The van der Waals surface area contributed by atoms with Crippen LogP contribution >= 0.6 is 0 Å². The Morgan fingerprint density at radius 2 is 1.76 bits per heavy atom. The van der Waals surface area contributed by atoms with Crippen molar-refractivity contribution in [3.8, 4) is 5.75 Å². The Labute approximate surface area is 214 Å². The number of piperazine rings is 1. The van der Waals surface area contributed by atoms with Crippen LogP contribution in [0, 0.1) is 12.7 Å². The molecule has 5 rings (SSSR count). The third kappa shape index (κ3) is 5.35. The molecule has 2 amide bonds. The molecule has 0 radical (unpaired) electrons. The highest BCUT2D eigenvalue weighted by Crippen LogP contribution is 2.31. The molecule has 0 saturated carbocycles. The highest BCUT2D eigenvalue weighted by molar-refractivity contribution is 6.06. The number of nitrogens with zero attached hydrogens (tertiary/aromatic N) is 3. The molecule has 2 aromatic carbocycles. The lowest BCUT2D eigenvalue weighted by Crippen LogP contribution is -2.49. The molecule has 1 aliphatic heterocycles. The van der Waals surface area contributed by atoms with Gasteiger partial charge in [-0.2, -0.15) is 5.10 Å². The van der Waals surface area contributed by atoms with E-state index in [1.807, 2.05) is 36.1 Å². The lowest BCUT2D eigenvalue weighted by atomic mass is 9.93. The summed E-state index contributed by atoms with van der Waals surface area (Å²) in [5, 5.41) is 4.34. The van der Waals surface area contributed by atoms with Gasteiger partial charge in [0.2, 0.25) is 0 Å². The van der Waals surface area contributed by atoms with Crippen molar-refractivity contribution < 1.29 is 23.1 Å². The van der Waals surface area contributed by atoms with E-state index >= 15 is 0 Å². The van der Waals surface area contributed by atoms with Gasteiger partial charge < -0.3 is 19.0 Å². The Balaban J connectivity index is 1.24. The average Bonchev–Trinajstić information content (AvgIpc) is 3.28. The molecule has 0 atom stereocenters. The molecule has 1 aliphatic carbocycles. The zero-order valence-electron chi connectivity index (χ0n) is 20.7. The summed E-state index contributed by atoms with van der Waals surface area (Å²) in [4.78, 5) is 29.3. The topological polar surface area (TPSA) is 87.4 Å². The minimum Gasteiger partial charge on any atom is -0.484 e. The minimum atomic E-state index is -0.367. The maximum atomic E-state index is 14.2. The number of fused-ring (bicyclic) bond motifs is 1. The number of anilines is 1. The first kappa shape index (κ1) is 24.5. The zero-order valence-corrected chi connectivity index (χ0v) is 20.7. The number of hydrazone groups is 1. The number of hydrogen-bond acceptors (Lipinski definition) is 6. The molecule has 1 aromatic heterocycles. The summed E-state index contributed by atoms with van der Waals surface area (Å²) in [6.45, 7) is 3.71. The minimum absolute atomic E-state index is 0.152. The van der Waals surface area contributed by atoms with Gasteiger partial charge in [-0.15, -0.1) is 0 Å². The van der Waals surface area contributed by atoms with E-state index in [1.54, 1.807) is 29.2 Å². The van der Waals surface area contributed by atoms with E-state index < -0.39 is 0 Å². The third-order valence-electron chi connectivity index (χ3n) is 6.71. The zero-order chi connectivity index (χ0) is 25.8. The maximum Gasteiger partial charge on any atom is 0.289 e. The first-order valence-corrected chi connectivity index (χ1v) is 12.5. The second kappa shape index (κ2) is 10.9. The second-order valence-corrected chi connectivity index (χ2v) is 9.13. The van der Waals surface area contributed by atoms with Gasteiger partial charge in [0, 0.05) is 43.7 Å². The van der Waals surface area contributed by atoms with E-state index in [4.69, 9.17) is 9.15 Å². The summed E-state index contributed by atoms with van der Waals surface area (Å²) < 4.78 is 25.7. The highest BCUT2D eigenvalue weighted by atomic mass is 19.1. The first-order chi connectivity index (χ1) is 18.0. The molecular formula is C28H29FN4O4. The van der Waals surface area contributed by atoms with Crippen LogP contribution in [0.2, 0.25) is 0 Å². The van der Waals surface area contributed by atoms with E-state index in [-0.39, 0.29) is 24.2 Å². The number of nitrogens with one attached hydrogen (secondary N) is 1. The molecule has 2 aliphatic rings. The Bertz CT molecular complexity index is 1310. The number of para-hydroxylation sites is 2. The monoisotopic (exact) mass is 504 g/mol. The van der Waals surface area contributed by atoms with Crippen LogP contribution in [0.4, 0.5) is 10.1 Å². The largest absolute Gasteiger partial charge is 0.484 e. The number of furan rings is 1. The fourth-order valence-electron chi connectivity index (χ4n) is 4.81. The summed E-state index contributed by atoms with van der Waals surface area (Å²) >= 11 is 0. The molecule has 0 spiro atoms. The molecule has 8 nitrogen and oxygen atoms in total.